The maximum Gasteiger partial charge on any atom is 0.234 e. The number of hydrogen-bond donors (Lipinski definition) is 2. The molecule has 1 aromatic rings. The first-order valence-corrected chi connectivity index (χ1v) is 10.0. The van der Waals surface area contributed by atoms with Gasteiger partial charge in [-0.15, -0.1) is 0 Å². The van der Waals surface area contributed by atoms with E-state index in [4.69, 9.17) is 11.6 Å². The molecule has 1 aliphatic heterocycles. The number of benzene rings is 1. The maximum absolute atomic E-state index is 12.4. The molecule has 1 saturated carbocycles. The van der Waals surface area contributed by atoms with Gasteiger partial charge in [0.05, 0.1) is 11.6 Å². The van der Waals surface area contributed by atoms with Gasteiger partial charge in [0, 0.05) is 24.2 Å². The molecule has 1 aromatic carbocycles. The lowest BCUT2D eigenvalue weighted by Crippen LogP contribution is -2.64. The summed E-state index contributed by atoms with van der Waals surface area (Å²) in [5.41, 5.74) is 0.823. The topological polar surface area (TPSA) is 61.4 Å². The van der Waals surface area contributed by atoms with E-state index in [1.165, 1.54) is 25.0 Å². The Morgan fingerprint density at radius 1 is 1.36 bits per heavy atom. The van der Waals surface area contributed by atoms with Gasteiger partial charge in [-0.05, 0) is 76.7 Å². The van der Waals surface area contributed by atoms with Crippen LogP contribution in [0, 0.1) is 17.2 Å². The van der Waals surface area contributed by atoms with E-state index in [-0.39, 0.29) is 16.5 Å². The Hall–Kier alpha value is -1.50. The summed E-state index contributed by atoms with van der Waals surface area (Å²) >= 11 is 5.36. The fourth-order valence-electron chi connectivity index (χ4n) is 4.12. The van der Waals surface area contributed by atoms with Crippen molar-refractivity contribution in [1.82, 2.24) is 15.5 Å². The molecule has 0 atom stereocenters. The summed E-state index contributed by atoms with van der Waals surface area (Å²) in [5, 5.41) is 6.24. The van der Waals surface area contributed by atoms with Crippen molar-refractivity contribution in [2.24, 2.45) is 11.3 Å². The van der Waals surface area contributed by atoms with Crippen molar-refractivity contribution in [3.8, 4) is 0 Å². The number of likely N-dealkylation sites (tertiary alicyclic amines) is 1. The highest BCUT2D eigenvalue weighted by Crippen LogP contribution is 2.51. The van der Waals surface area contributed by atoms with Crippen LogP contribution >= 0.6 is 11.6 Å². The molecule has 2 fully saturated rings. The maximum atomic E-state index is 12.4. The standard InChI is InChI=1S/C14H27N3O.C7H4ClFO/c1-13(2,3)16-12(18)8-17-9-14(10-17)5-11(6-14)7-15-4;8-6-3-5(4-10)1-2-7(6)9/h11,15H,5-10H2,1-4H3,(H,16,18);1-4H. The Kier molecular flexibility index (Phi) is 7.59. The predicted octanol–water partition coefficient (Wildman–Crippen LogP) is 3.12. The molecular weight excluding hydrogens is 381 g/mol. The molecule has 5 nitrogen and oxygen atoms in total. The number of halogens is 2. The third kappa shape index (κ3) is 6.54. The molecule has 1 heterocycles. The first-order chi connectivity index (χ1) is 13.1. The number of nitrogens with zero attached hydrogens (tertiary/aromatic N) is 1. The number of aldehydes is 1. The van der Waals surface area contributed by atoms with Crippen molar-refractivity contribution in [3.63, 3.8) is 0 Å². The normalized spacial score (nSPS) is 18.5. The molecule has 28 heavy (non-hydrogen) atoms. The summed E-state index contributed by atoms with van der Waals surface area (Å²) < 4.78 is 12.4. The fourth-order valence-corrected chi connectivity index (χ4v) is 4.31. The van der Waals surface area contributed by atoms with Crippen LogP contribution < -0.4 is 10.6 Å². The van der Waals surface area contributed by atoms with E-state index in [0.717, 1.165) is 31.6 Å². The Bertz CT molecular complexity index is 691. The largest absolute Gasteiger partial charge is 0.350 e. The minimum Gasteiger partial charge on any atom is -0.350 e. The lowest BCUT2D eigenvalue weighted by molar-refractivity contribution is -0.133. The zero-order valence-electron chi connectivity index (χ0n) is 17.1. The Labute approximate surface area is 172 Å². The molecule has 1 spiro atoms. The Balaban J connectivity index is 0.000000237. The minimum absolute atomic E-state index is 0.0235. The van der Waals surface area contributed by atoms with E-state index in [1.54, 1.807) is 0 Å². The summed E-state index contributed by atoms with van der Waals surface area (Å²) in [7, 11) is 2.02. The quantitative estimate of drug-likeness (QED) is 0.731. The van der Waals surface area contributed by atoms with E-state index in [1.807, 2.05) is 27.8 Å². The van der Waals surface area contributed by atoms with E-state index < -0.39 is 5.82 Å². The Morgan fingerprint density at radius 2 is 2.00 bits per heavy atom. The van der Waals surface area contributed by atoms with E-state index in [0.29, 0.717) is 23.8 Å². The van der Waals surface area contributed by atoms with Crippen molar-refractivity contribution < 1.29 is 14.0 Å². The third-order valence-corrected chi connectivity index (χ3v) is 5.31. The number of amides is 1. The summed E-state index contributed by atoms with van der Waals surface area (Å²) in [5.74, 6) is 0.510. The molecule has 2 N–H and O–H groups in total. The number of hydrogen-bond acceptors (Lipinski definition) is 4. The highest BCUT2D eigenvalue weighted by atomic mass is 35.5. The average molecular weight is 412 g/mol. The van der Waals surface area contributed by atoms with Crippen LogP contribution in [0.15, 0.2) is 18.2 Å². The second kappa shape index (κ2) is 9.33. The zero-order valence-corrected chi connectivity index (χ0v) is 17.9. The molecule has 1 aliphatic carbocycles. The van der Waals surface area contributed by atoms with E-state index in [2.05, 4.69) is 15.5 Å². The van der Waals surface area contributed by atoms with Crippen LogP contribution in [0.2, 0.25) is 5.02 Å². The van der Waals surface area contributed by atoms with Crippen LogP contribution in [0.5, 0.6) is 0 Å². The Morgan fingerprint density at radius 3 is 2.50 bits per heavy atom. The van der Waals surface area contributed by atoms with Gasteiger partial charge < -0.3 is 10.6 Å². The number of nitrogens with one attached hydrogen (secondary N) is 2. The zero-order chi connectivity index (χ0) is 20.9. The molecule has 0 unspecified atom stereocenters. The molecule has 156 valence electrons. The number of carbonyl (C=O) groups excluding carboxylic acids is 2. The van der Waals surface area contributed by atoms with Crippen LogP contribution in [0.1, 0.15) is 44.0 Å². The van der Waals surface area contributed by atoms with Gasteiger partial charge in [-0.1, -0.05) is 11.6 Å². The molecule has 1 saturated heterocycles. The van der Waals surface area contributed by atoms with Gasteiger partial charge in [0.15, 0.2) is 0 Å². The van der Waals surface area contributed by atoms with Crippen molar-refractivity contribution in [1.29, 1.82) is 0 Å². The average Bonchev–Trinajstić information content (AvgIpc) is 2.52. The van der Waals surface area contributed by atoms with Crippen molar-refractivity contribution in [2.75, 3.05) is 33.2 Å². The second-order valence-corrected chi connectivity index (χ2v) is 9.47. The van der Waals surface area contributed by atoms with Gasteiger partial charge in [-0.25, -0.2) is 4.39 Å². The van der Waals surface area contributed by atoms with E-state index >= 15 is 0 Å². The lowest BCUT2D eigenvalue weighted by Gasteiger charge is -2.59. The van der Waals surface area contributed by atoms with Crippen molar-refractivity contribution >= 4 is 23.8 Å². The van der Waals surface area contributed by atoms with Crippen LogP contribution in [0.3, 0.4) is 0 Å². The first-order valence-electron chi connectivity index (χ1n) is 9.64. The predicted molar refractivity (Wildman–Crippen MR) is 110 cm³/mol. The van der Waals surface area contributed by atoms with Gasteiger partial charge >= 0.3 is 0 Å². The van der Waals surface area contributed by atoms with Crippen LogP contribution in [-0.4, -0.2) is 55.9 Å². The molecular formula is C21H31ClFN3O2. The van der Waals surface area contributed by atoms with E-state index in [9.17, 15) is 14.0 Å². The van der Waals surface area contributed by atoms with Crippen molar-refractivity contribution in [3.05, 3.63) is 34.6 Å². The summed E-state index contributed by atoms with van der Waals surface area (Å²) in [6.07, 6.45) is 3.29. The van der Waals surface area contributed by atoms with Crippen LogP contribution in [-0.2, 0) is 4.79 Å². The van der Waals surface area contributed by atoms with Gasteiger partial charge in [-0.2, -0.15) is 0 Å². The van der Waals surface area contributed by atoms with Gasteiger partial charge in [0.1, 0.15) is 12.1 Å². The van der Waals surface area contributed by atoms with Crippen LogP contribution in [0.25, 0.3) is 0 Å². The molecule has 1 amide bonds. The number of rotatable bonds is 5. The summed E-state index contributed by atoms with van der Waals surface area (Å²) in [6, 6.07) is 3.81. The molecule has 3 rings (SSSR count). The molecule has 7 heteroatoms. The second-order valence-electron chi connectivity index (χ2n) is 9.07. The number of carbonyl (C=O) groups is 2. The molecule has 0 aromatic heterocycles. The molecule has 0 radical (unpaired) electrons. The first kappa shape index (κ1) is 22.8. The van der Waals surface area contributed by atoms with Gasteiger partial charge in [0.25, 0.3) is 0 Å². The highest BCUT2D eigenvalue weighted by molar-refractivity contribution is 6.31. The summed E-state index contributed by atoms with van der Waals surface area (Å²) in [4.78, 5) is 24.1. The van der Waals surface area contributed by atoms with Gasteiger partial charge in [0.2, 0.25) is 5.91 Å². The lowest BCUT2D eigenvalue weighted by atomic mass is 9.57. The van der Waals surface area contributed by atoms with Gasteiger partial charge in [-0.3, -0.25) is 14.5 Å². The molecule has 2 aliphatic rings. The minimum atomic E-state index is -0.507. The summed E-state index contributed by atoms with van der Waals surface area (Å²) in [6.45, 7) is 10.0. The van der Waals surface area contributed by atoms with Crippen LogP contribution in [0.4, 0.5) is 4.39 Å². The highest BCUT2D eigenvalue weighted by Gasteiger charge is 2.51. The molecule has 0 bridgehead atoms. The fraction of sp³-hybridized carbons (Fsp3) is 0.619. The van der Waals surface area contributed by atoms with Crippen molar-refractivity contribution in [2.45, 2.75) is 39.2 Å². The SMILES string of the molecule is CNCC1CC2(C1)CN(CC(=O)NC(C)(C)C)C2.O=Cc1ccc(F)c(Cl)c1. The third-order valence-electron chi connectivity index (χ3n) is 5.02. The smallest absolute Gasteiger partial charge is 0.234 e. The monoisotopic (exact) mass is 411 g/mol.